The summed E-state index contributed by atoms with van der Waals surface area (Å²) < 4.78 is 39.4. The summed E-state index contributed by atoms with van der Waals surface area (Å²) in [6, 6.07) is 5.58. The highest BCUT2D eigenvalue weighted by molar-refractivity contribution is 7.79. The number of hydrogen-bond acceptors (Lipinski definition) is 8. The molecule has 0 amide bonds. The van der Waals surface area contributed by atoms with Crippen LogP contribution in [-0.4, -0.2) is 45.4 Å². The van der Waals surface area contributed by atoms with E-state index in [9.17, 15) is 4.79 Å². The Bertz CT molecular complexity index is 729. The molecule has 10 nitrogen and oxygen atoms in total. The van der Waals surface area contributed by atoms with E-state index in [4.69, 9.17) is 22.3 Å². The minimum atomic E-state index is -4.92. The predicted octanol–water partition coefficient (Wildman–Crippen LogP) is -0.216. The fourth-order valence-corrected chi connectivity index (χ4v) is 1.56. The summed E-state index contributed by atoms with van der Waals surface area (Å²) in [6.07, 6.45) is 5.45. The van der Waals surface area contributed by atoms with E-state index in [1.807, 2.05) is 24.4 Å². The lowest BCUT2D eigenvalue weighted by Gasteiger charge is -1.99. The molecule has 0 fully saturated rings. The van der Waals surface area contributed by atoms with Crippen LogP contribution in [0.2, 0.25) is 0 Å². The minimum Gasteiger partial charge on any atom is -0.726 e. The zero-order valence-corrected chi connectivity index (χ0v) is 13.6. The fourth-order valence-electron chi connectivity index (χ4n) is 1.56. The third kappa shape index (κ3) is 8.82. The van der Waals surface area contributed by atoms with Crippen LogP contribution in [0, 0.1) is 0 Å². The van der Waals surface area contributed by atoms with E-state index in [0.717, 1.165) is 11.3 Å². The summed E-state index contributed by atoms with van der Waals surface area (Å²) in [5, 5.41) is 12.0. The lowest BCUT2D eigenvalue weighted by Crippen LogP contribution is -2.38. The molecule has 0 aliphatic rings. The van der Waals surface area contributed by atoms with Crippen LogP contribution < -0.4 is 4.68 Å². The standard InChI is InChI=1S/C13H15N4O2.H2O4S/c1-2-19-13(18)6-9-17-8-5-11(10-15-17)12-4-3-7-14-16-12;1-5(2,3)4/h3-5,7-8,10H,2,6,9H2,1H3;(H2,1,2,3,4)/q+1;/p-1. The van der Waals surface area contributed by atoms with Gasteiger partial charge in [-0.05, 0) is 24.2 Å². The summed E-state index contributed by atoms with van der Waals surface area (Å²) in [6.45, 7) is 2.70. The van der Waals surface area contributed by atoms with Crippen LogP contribution >= 0.6 is 0 Å². The van der Waals surface area contributed by atoms with Crippen LogP contribution in [0.3, 0.4) is 0 Å². The molecule has 2 aromatic heterocycles. The van der Waals surface area contributed by atoms with E-state index in [1.165, 1.54) is 0 Å². The van der Waals surface area contributed by atoms with Gasteiger partial charge < -0.3 is 9.29 Å². The molecule has 2 heterocycles. The molecule has 0 atom stereocenters. The van der Waals surface area contributed by atoms with Gasteiger partial charge in [0.1, 0.15) is 12.6 Å². The van der Waals surface area contributed by atoms with Gasteiger partial charge in [0.2, 0.25) is 10.4 Å². The number of ether oxygens (including phenoxy) is 1. The van der Waals surface area contributed by atoms with Gasteiger partial charge in [0, 0.05) is 17.8 Å². The largest absolute Gasteiger partial charge is 0.726 e. The van der Waals surface area contributed by atoms with E-state index in [1.54, 1.807) is 24.0 Å². The number of esters is 1. The Labute approximate surface area is 138 Å². The molecular weight excluding hydrogens is 340 g/mol. The molecule has 0 aliphatic carbocycles. The average Bonchev–Trinajstić information content (AvgIpc) is 2.53. The lowest BCUT2D eigenvalue weighted by molar-refractivity contribution is -0.752. The first kappa shape index (κ1) is 19.5. The van der Waals surface area contributed by atoms with Gasteiger partial charge in [0.05, 0.1) is 12.3 Å². The van der Waals surface area contributed by atoms with Crippen molar-refractivity contribution >= 4 is 16.4 Å². The molecule has 1 N–H and O–H groups in total. The number of carbonyl (C=O) groups excluding carboxylic acids is 1. The van der Waals surface area contributed by atoms with E-state index in [2.05, 4.69) is 15.3 Å². The van der Waals surface area contributed by atoms with Crippen molar-refractivity contribution in [3.8, 4) is 11.3 Å². The van der Waals surface area contributed by atoms with Crippen molar-refractivity contribution < 1.29 is 31.7 Å². The maximum Gasteiger partial charge on any atom is 0.312 e. The van der Waals surface area contributed by atoms with Gasteiger partial charge in [-0.2, -0.15) is 10.2 Å². The van der Waals surface area contributed by atoms with Gasteiger partial charge >= 0.3 is 5.97 Å². The average molecular weight is 356 g/mol. The van der Waals surface area contributed by atoms with Crippen molar-refractivity contribution in [3.05, 3.63) is 36.8 Å². The molecular formula is C13H16N4O6S. The van der Waals surface area contributed by atoms with Crippen LogP contribution in [0.15, 0.2) is 36.8 Å². The Morgan fingerprint density at radius 3 is 2.62 bits per heavy atom. The number of aryl methyl sites for hydroxylation is 1. The summed E-state index contributed by atoms with van der Waals surface area (Å²) in [7, 11) is -4.92. The first-order valence-corrected chi connectivity index (χ1v) is 8.14. The van der Waals surface area contributed by atoms with Gasteiger partial charge in [0.15, 0.2) is 12.7 Å². The summed E-state index contributed by atoms with van der Waals surface area (Å²) >= 11 is 0. The molecule has 0 unspecified atom stereocenters. The lowest BCUT2D eigenvalue weighted by atomic mass is 10.2. The van der Waals surface area contributed by atoms with Gasteiger partial charge in [0.25, 0.3) is 0 Å². The smallest absolute Gasteiger partial charge is 0.312 e. The molecule has 0 saturated heterocycles. The minimum absolute atomic E-state index is 0.213. The summed E-state index contributed by atoms with van der Waals surface area (Å²) in [4.78, 5) is 11.2. The van der Waals surface area contributed by atoms with Crippen molar-refractivity contribution in [2.45, 2.75) is 19.9 Å². The molecule has 2 aromatic rings. The van der Waals surface area contributed by atoms with Gasteiger partial charge in [-0.1, -0.05) is 4.68 Å². The van der Waals surface area contributed by atoms with E-state index >= 15 is 0 Å². The van der Waals surface area contributed by atoms with Crippen LogP contribution in [0.25, 0.3) is 11.3 Å². The normalized spacial score (nSPS) is 10.5. The Hall–Kier alpha value is -2.50. The van der Waals surface area contributed by atoms with Crippen LogP contribution in [0.1, 0.15) is 13.3 Å². The topological polar surface area (TPSA) is 146 Å². The number of hydrogen-bond donors (Lipinski definition) is 1. The predicted molar refractivity (Wildman–Crippen MR) is 79.0 cm³/mol. The van der Waals surface area contributed by atoms with Gasteiger partial charge in [-0.15, -0.1) is 0 Å². The second-order valence-corrected chi connectivity index (χ2v) is 5.13. The van der Waals surface area contributed by atoms with Gasteiger partial charge in [-0.3, -0.25) is 9.35 Å². The molecule has 0 spiro atoms. The molecule has 130 valence electrons. The summed E-state index contributed by atoms with van der Waals surface area (Å²) in [5.74, 6) is -0.213. The second-order valence-electron chi connectivity index (χ2n) is 4.27. The SMILES string of the molecule is CCOC(=O)CC[n+]1ccc(-c2cccnn2)cn1.O=S(=O)([O-])O. The van der Waals surface area contributed by atoms with E-state index < -0.39 is 10.4 Å². The fraction of sp³-hybridized carbons (Fsp3) is 0.308. The first-order chi connectivity index (χ1) is 11.3. The Morgan fingerprint density at radius 1 is 1.42 bits per heavy atom. The van der Waals surface area contributed by atoms with Crippen molar-refractivity contribution in [1.29, 1.82) is 0 Å². The third-order valence-corrected chi connectivity index (χ3v) is 2.49. The maximum absolute atomic E-state index is 11.2. The van der Waals surface area contributed by atoms with E-state index in [0.29, 0.717) is 19.6 Å². The Balaban J connectivity index is 0.000000505. The number of nitrogens with zero attached hydrogens (tertiary/aromatic N) is 4. The molecule has 0 bridgehead atoms. The number of rotatable bonds is 5. The highest BCUT2D eigenvalue weighted by Gasteiger charge is 2.09. The Kier molecular flexibility index (Phi) is 7.82. The highest BCUT2D eigenvalue weighted by atomic mass is 32.3. The monoisotopic (exact) mass is 356 g/mol. The summed E-state index contributed by atoms with van der Waals surface area (Å²) in [5.41, 5.74) is 1.66. The van der Waals surface area contributed by atoms with Gasteiger partial charge in [-0.25, -0.2) is 8.42 Å². The molecule has 2 rings (SSSR count). The molecule has 0 saturated carbocycles. The van der Waals surface area contributed by atoms with Crippen LogP contribution in [-0.2, 0) is 26.5 Å². The molecule has 24 heavy (non-hydrogen) atoms. The van der Waals surface area contributed by atoms with Crippen molar-refractivity contribution in [3.63, 3.8) is 0 Å². The van der Waals surface area contributed by atoms with Crippen molar-refractivity contribution in [2.24, 2.45) is 0 Å². The third-order valence-electron chi connectivity index (χ3n) is 2.49. The quantitative estimate of drug-likeness (QED) is 0.332. The molecule has 0 aliphatic heterocycles. The maximum atomic E-state index is 11.2. The zero-order chi connectivity index (χ0) is 18.0. The van der Waals surface area contributed by atoms with Crippen LogP contribution in [0.5, 0.6) is 0 Å². The first-order valence-electron chi connectivity index (χ1n) is 6.77. The molecule has 11 heteroatoms. The molecule has 0 radical (unpaired) electrons. The number of carbonyl (C=O) groups is 1. The number of aromatic nitrogens is 4. The molecule has 0 aromatic carbocycles. The van der Waals surface area contributed by atoms with E-state index in [-0.39, 0.29) is 5.97 Å². The zero-order valence-electron chi connectivity index (χ0n) is 12.8. The van der Waals surface area contributed by atoms with Crippen molar-refractivity contribution in [1.82, 2.24) is 15.3 Å². The second kappa shape index (κ2) is 9.60. The van der Waals surface area contributed by atoms with Crippen LogP contribution in [0.4, 0.5) is 0 Å². The highest BCUT2D eigenvalue weighted by Crippen LogP contribution is 2.11. The Morgan fingerprint density at radius 2 is 2.12 bits per heavy atom. The van der Waals surface area contributed by atoms with Crippen molar-refractivity contribution in [2.75, 3.05) is 6.61 Å².